The van der Waals surface area contributed by atoms with E-state index in [1.165, 1.54) is 0 Å². The summed E-state index contributed by atoms with van der Waals surface area (Å²) in [6, 6.07) is 1.77. The van der Waals surface area contributed by atoms with Gasteiger partial charge in [-0.2, -0.15) is 0 Å². The molecule has 1 saturated heterocycles. The summed E-state index contributed by atoms with van der Waals surface area (Å²) >= 11 is 5.87. The fourth-order valence-electron chi connectivity index (χ4n) is 1.87. The third kappa shape index (κ3) is 2.38. The molecule has 1 N–H and O–H groups in total. The lowest BCUT2D eigenvalue weighted by Gasteiger charge is -2.17. The van der Waals surface area contributed by atoms with Gasteiger partial charge in [0.15, 0.2) is 0 Å². The fourth-order valence-corrected chi connectivity index (χ4v) is 2.09. The van der Waals surface area contributed by atoms with E-state index in [9.17, 15) is 0 Å². The summed E-state index contributed by atoms with van der Waals surface area (Å²) in [6.07, 6.45) is 1.01. The van der Waals surface area contributed by atoms with E-state index >= 15 is 0 Å². The second-order valence-corrected chi connectivity index (χ2v) is 4.27. The van der Waals surface area contributed by atoms with E-state index in [0.29, 0.717) is 16.9 Å². The van der Waals surface area contributed by atoms with Crippen LogP contribution in [0, 0.1) is 12.8 Å². The Balaban J connectivity index is 2.16. The first kappa shape index (κ1) is 10.6. The van der Waals surface area contributed by atoms with Crippen LogP contribution < -0.4 is 4.90 Å². The number of hydrogen-bond acceptors (Lipinski definition) is 4. The molecular weight excluding hydrogens is 214 g/mol. The largest absolute Gasteiger partial charge is 0.396 e. The lowest BCUT2D eigenvalue weighted by atomic mass is 10.1. The van der Waals surface area contributed by atoms with E-state index < -0.39 is 0 Å². The molecule has 1 fully saturated rings. The monoisotopic (exact) mass is 227 g/mol. The van der Waals surface area contributed by atoms with Crippen molar-refractivity contribution in [2.24, 2.45) is 5.92 Å². The molecule has 1 aliphatic heterocycles. The summed E-state index contributed by atoms with van der Waals surface area (Å²) in [5, 5.41) is 9.53. The average molecular weight is 228 g/mol. The fraction of sp³-hybridized carbons (Fsp3) is 0.600. The highest BCUT2D eigenvalue weighted by Gasteiger charge is 2.23. The standard InChI is InChI=1S/C10H14ClN3O/c1-7-12-9(11)4-10(13-7)14-3-2-8(5-14)6-15/h4,8,15H,2-3,5-6H2,1H3/t8-/m1/s1. The van der Waals surface area contributed by atoms with E-state index in [2.05, 4.69) is 14.9 Å². The highest BCUT2D eigenvalue weighted by atomic mass is 35.5. The third-order valence-electron chi connectivity index (χ3n) is 2.66. The number of hydrogen-bond donors (Lipinski definition) is 1. The topological polar surface area (TPSA) is 49.2 Å². The molecule has 4 nitrogen and oxygen atoms in total. The van der Waals surface area contributed by atoms with Gasteiger partial charge in [0, 0.05) is 31.7 Å². The lowest BCUT2D eigenvalue weighted by Crippen LogP contribution is -2.22. The summed E-state index contributed by atoms with van der Waals surface area (Å²) in [5.41, 5.74) is 0. The molecule has 0 spiro atoms. The van der Waals surface area contributed by atoms with Crippen LogP contribution in [0.5, 0.6) is 0 Å². The predicted octanol–water partition coefficient (Wildman–Crippen LogP) is 1.26. The molecule has 0 radical (unpaired) electrons. The van der Waals surface area contributed by atoms with Gasteiger partial charge < -0.3 is 10.0 Å². The molecule has 5 heteroatoms. The van der Waals surface area contributed by atoms with Crippen molar-refractivity contribution < 1.29 is 5.11 Å². The van der Waals surface area contributed by atoms with Crippen LogP contribution in [0.2, 0.25) is 5.15 Å². The molecule has 0 aromatic carbocycles. The molecule has 0 unspecified atom stereocenters. The number of nitrogens with zero attached hydrogens (tertiary/aromatic N) is 3. The van der Waals surface area contributed by atoms with Crippen LogP contribution in [0.25, 0.3) is 0 Å². The van der Waals surface area contributed by atoms with Crippen LogP contribution in [0.1, 0.15) is 12.2 Å². The molecule has 1 aliphatic rings. The second kappa shape index (κ2) is 4.33. The van der Waals surface area contributed by atoms with Crippen LogP contribution in [0.3, 0.4) is 0 Å². The maximum atomic E-state index is 9.05. The van der Waals surface area contributed by atoms with E-state index in [-0.39, 0.29) is 6.61 Å². The van der Waals surface area contributed by atoms with Gasteiger partial charge in [-0.3, -0.25) is 0 Å². The summed E-state index contributed by atoms with van der Waals surface area (Å²) in [4.78, 5) is 10.5. The molecule has 1 aromatic heterocycles. The Kier molecular flexibility index (Phi) is 3.07. The molecule has 15 heavy (non-hydrogen) atoms. The number of halogens is 1. The quantitative estimate of drug-likeness (QED) is 0.773. The Morgan fingerprint density at radius 2 is 2.40 bits per heavy atom. The van der Waals surface area contributed by atoms with Gasteiger partial charge in [0.05, 0.1) is 0 Å². The minimum atomic E-state index is 0.244. The number of anilines is 1. The Bertz CT molecular complexity index is 338. The van der Waals surface area contributed by atoms with E-state index in [1.54, 1.807) is 6.07 Å². The van der Waals surface area contributed by atoms with Gasteiger partial charge in [-0.1, -0.05) is 11.6 Å². The van der Waals surface area contributed by atoms with Gasteiger partial charge in [-0.05, 0) is 13.3 Å². The van der Waals surface area contributed by atoms with Gasteiger partial charge in [-0.25, -0.2) is 9.97 Å². The normalized spacial score (nSPS) is 21.0. The Morgan fingerprint density at radius 3 is 3.00 bits per heavy atom. The van der Waals surface area contributed by atoms with Crippen molar-refractivity contribution in [1.29, 1.82) is 0 Å². The summed E-state index contributed by atoms with van der Waals surface area (Å²) in [7, 11) is 0. The maximum absolute atomic E-state index is 9.05. The first-order valence-corrected chi connectivity index (χ1v) is 5.44. The highest BCUT2D eigenvalue weighted by Crippen LogP contribution is 2.23. The molecule has 0 amide bonds. The first-order chi connectivity index (χ1) is 7.19. The SMILES string of the molecule is Cc1nc(Cl)cc(N2CC[C@@H](CO)C2)n1. The van der Waals surface area contributed by atoms with Crippen molar-refractivity contribution in [3.8, 4) is 0 Å². The van der Waals surface area contributed by atoms with Crippen molar-refractivity contribution >= 4 is 17.4 Å². The van der Waals surface area contributed by atoms with Crippen LogP contribution in [0.4, 0.5) is 5.82 Å². The number of aryl methyl sites for hydroxylation is 1. The molecule has 2 heterocycles. The molecule has 0 bridgehead atoms. The van der Waals surface area contributed by atoms with Crippen LogP contribution >= 0.6 is 11.6 Å². The molecule has 1 atom stereocenters. The molecule has 0 saturated carbocycles. The minimum Gasteiger partial charge on any atom is -0.396 e. The van der Waals surface area contributed by atoms with Gasteiger partial charge in [0.1, 0.15) is 16.8 Å². The molecule has 1 aromatic rings. The molecule has 2 rings (SSSR count). The zero-order chi connectivity index (χ0) is 10.8. The van der Waals surface area contributed by atoms with Gasteiger partial charge in [0.25, 0.3) is 0 Å². The predicted molar refractivity (Wildman–Crippen MR) is 59.2 cm³/mol. The first-order valence-electron chi connectivity index (χ1n) is 5.06. The van der Waals surface area contributed by atoms with Gasteiger partial charge in [0.2, 0.25) is 0 Å². The van der Waals surface area contributed by atoms with Crippen molar-refractivity contribution in [3.63, 3.8) is 0 Å². The minimum absolute atomic E-state index is 0.244. The summed E-state index contributed by atoms with van der Waals surface area (Å²) < 4.78 is 0. The van der Waals surface area contributed by atoms with Crippen LogP contribution in [-0.4, -0.2) is 34.8 Å². The summed E-state index contributed by atoms with van der Waals surface area (Å²) in [6.45, 7) is 3.85. The number of aromatic nitrogens is 2. The molecule has 82 valence electrons. The average Bonchev–Trinajstić information content (AvgIpc) is 2.64. The van der Waals surface area contributed by atoms with Crippen LogP contribution in [-0.2, 0) is 0 Å². The van der Waals surface area contributed by atoms with Crippen molar-refractivity contribution in [3.05, 3.63) is 17.0 Å². The molecule has 0 aliphatic carbocycles. The number of rotatable bonds is 2. The lowest BCUT2D eigenvalue weighted by molar-refractivity contribution is 0.238. The Labute approximate surface area is 93.9 Å². The van der Waals surface area contributed by atoms with Crippen molar-refractivity contribution in [2.45, 2.75) is 13.3 Å². The third-order valence-corrected chi connectivity index (χ3v) is 2.85. The van der Waals surface area contributed by atoms with E-state index in [1.807, 2.05) is 6.92 Å². The second-order valence-electron chi connectivity index (χ2n) is 3.88. The van der Waals surface area contributed by atoms with Gasteiger partial charge >= 0.3 is 0 Å². The smallest absolute Gasteiger partial charge is 0.134 e. The summed E-state index contributed by atoms with van der Waals surface area (Å²) in [5.74, 6) is 1.91. The van der Waals surface area contributed by atoms with Crippen LogP contribution in [0.15, 0.2) is 6.07 Å². The zero-order valence-electron chi connectivity index (χ0n) is 8.65. The number of aliphatic hydroxyl groups is 1. The van der Waals surface area contributed by atoms with Crippen molar-refractivity contribution in [1.82, 2.24) is 9.97 Å². The van der Waals surface area contributed by atoms with Crippen molar-refractivity contribution in [2.75, 3.05) is 24.6 Å². The van der Waals surface area contributed by atoms with E-state index in [0.717, 1.165) is 25.3 Å². The van der Waals surface area contributed by atoms with Gasteiger partial charge in [-0.15, -0.1) is 0 Å². The van der Waals surface area contributed by atoms with E-state index in [4.69, 9.17) is 16.7 Å². The Hall–Kier alpha value is -0.870. The highest BCUT2D eigenvalue weighted by molar-refractivity contribution is 6.29. The number of aliphatic hydroxyl groups excluding tert-OH is 1. The maximum Gasteiger partial charge on any atom is 0.134 e. The Morgan fingerprint density at radius 1 is 1.60 bits per heavy atom. The zero-order valence-corrected chi connectivity index (χ0v) is 9.41. The molecular formula is C10H14ClN3O.